The maximum atomic E-state index is 12.8. The molecule has 0 radical (unpaired) electrons. The first kappa shape index (κ1) is 21.8. The molecule has 3 rings (SSSR count). The predicted molar refractivity (Wildman–Crippen MR) is 115 cm³/mol. The first-order valence-corrected chi connectivity index (χ1v) is 11.9. The van der Waals surface area contributed by atoms with Crippen molar-refractivity contribution >= 4 is 25.7 Å². The van der Waals surface area contributed by atoms with Crippen molar-refractivity contribution in [1.82, 2.24) is 4.31 Å². The van der Waals surface area contributed by atoms with Gasteiger partial charge in [0.2, 0.25) is 10.0 Å². The Morgan fingerprint density at radius 2 is 1.37 bits per heavy atom. The van der Waals surface area contributed by atoms with Gasteiger partial charge >= 0.3 is 0 Å². The highest BCUT2D eigenvalue weighted by Crippen LogP contribution is 2.22. The Balaban J connectivity index is 1.74. The third kappa shape index (κ3) is 4.99. The second-order valence-electron chi connectivity index (χ2n) is 6.55. The van der Waals surface area contributed by atoms with Gasteiger partial charge in [0.1, 0.15) is 5.75 Å². The van der Waals surface area contributed by atoms with Crippen molar-refractivity contribution in [1.29, 1.82) is 0 Å². The van der Waals surface area contributed by atoms with E-state index in [9.17, 15) is 16.8 Å². The molecule has 0 aliphatic carbocycles. The first-order chi connectivity index (χ1) is 14.2. The van der Waals surface area contributed by atoms with Gasteiger partial charge in [0.05, 0.1) is 16.9 Å². The molecule has 0 spiro atoms. The Bertz CT molecular complexity index is 1190. The van der Waals surface area contributed by atoms with Crippen LogP contribution in [0.15, 0.2) is 88.7 Å². The molecule has 7 nitrogen and oxygen atoms in total. The molecule has 0 fully saturated rings. The Morgan fingerprint density at radius 1 is 0.800 bits per heavy atom. The van der Waals surface area contributed by atoms with Gasteiger partial charge in [-0.3, -0.25) is 4.72 Å². The third-order valence-corrected chi connectivity index (χ3v) is 7.65. The van der Waals surface area contributed by atoms with Crippen LogP contribution < -0.4 is 9.46 Å². The lowest BCUT2D eigenvalue weighted by molar-refractivity contribution is 0.414. The molecule has 0 bridgehead atoms. The van der Waals surface area contributed by atoms with Gasteiger partial charge in [0, 0.05) is 19.3 Å². The summed E-state index contributed by atoms with van der Waals surface area (Å²) in [5, 5.41) is 0. The van der Waals surface area contributed by atoms with Crippen molar-refractivity contribution in [3.63, 3.8) is 0 Å². The van der Waals surface area contributed by atoms with Crippen molar-refractivity contribution in [3.05, 3.63) is 84.4 Å². The van der Waals surface area contributed by atoms with Crippen molar-refractivity contribution in [2.75, 3.05) is 18.9 Å². The van der Waals surface area contributed by atoms with Crippen LogP contribution in [0.2, 0.25) is 0 Å². The summed E-state index contributed by atoms with van der Waals surface area (Å²) in [4.78, 5) is 0.149. The highest BCUT2D eigenvalue weighted by atomic mass is 32.2. The zero-order valence-electron chi connectivity index (χ0n) is 16.5. The van der Waals surface area contributed by atoms with Crippen LogP contribution in [0.4, 0.5) is 5.69 Å². The van der Waals surface area contributed by atoms with Crippen LogP contribution in [0.1, 0.15) is 5.56 Å². The lowest BCUT2D eigenvalue weighted by Gasteiger charge is -2.17. The molecule has 0 amide bonds. The average molecular weight is 447 g/mol. The average Bonchev–Trinajstić information content (AvgIpc) is 2.74. The molecule has 158 valence electrons. The number of sulfonamides is 2. The Hall–Kier alpha value is -2.88. The standard InChI is InChI=1S/C21H22N2O5S2/c1-23(16-17-6-4-3-5-7-17)30(26,27)21-12-8-18(9-13-21)22-29(24,25)20-14-10-19(28-2)11-15-20/h3-15,22H,16H2,1-2H3. The van der Waals surface area contributed by atoms with Crippen molar-refractivity contribution in [2.45, 2.75) is 16.3 Å². The lowest BCUT2D eigenvalue weighted by atomic mass is 10.2. The van der Waals surface area contributed by atoms with E-state index in [1.54, 1.807) is 12.1 Å². The predicted octanol–water partition coefficient (Wildman–Crippen LogP) is 3.32. The van der Waals surface area contributed by atoms with E-state index in [1.165, 1.54) is 54.9 Å². The Labute approximate surface area is 177 Å². The number of nitrogens with one attached hydrogen (secondary N) is 1. The molecule has 3 aromatic rings. The summed E-state index contributed by atoms with van der Waals surface area (Å²) in [6, 6.07) is 20.8. The summed E-state index contributed by atoms with van der Waals surface area (Å²) in [7, 11) is -4.53. The Morgan fingerprint density at radius 3 is 1.93 bits per heavy atom. The van der Waals surface area contributed by atoms with E-state index < -0.39 is 20.0 Å². The molecule has 0 saturated carbocycles. The number of benzene rings is 3. The summed E-state index contributed by atoms with van der Waals surface area (Å²) in [6.07, 6.45) is 0. The maximum absolute atomic E-state index is 12.8. The molecule has 0 unspecified atom stereocenters. The van der Waals surface area contributed by atoms with E-state index in [4.69, 9.17) is 4.74 Å². The molecular weight excluding hydrogens is 424 g/mol. The van der Waals surface area contributed by atoms with Gasteiger partial charge in [0.15, 0.2) is 0 Å². The van der Waals surface area contributed by atoms with Gasteiger partial charge < -0.3 is 4.74 Å². The molecular formula is C21H22N2O5S2. The summed E-state index contributed by atoms with van der Waals surface area (Å²) in [6.45, 7) is 0.231. The minimum Gasteiger partial charge on any atom is -0.497 e. The summed E-state index contributed by atoms with van der Waals surface area (Å²) >= 11 is 0. The topological polar surface area (TPSA) is 92.8 Å². The number of nitrogens with zero attached hydrogens (tertiary/aromatic N) is 1. The highest BCUT2D eigenvalue weighted by Gasteiger charge is 2.21. The van der Waals surface area contributed by atoms with E-state index >= 15 is 0 Å². The van der Waals surface area contributed by atoms with Crippen LogP contribution in [0, 0.1) is 0 Å². The summed E-state index contributed by atoms with van der Waals surface area (Å²) in [5.74, 6) is 0.545. The zero-order chi connectivity index (χ0) is 21.8. The van der Waals surface area contributed by atoms with E-state index in [1.807, 2.05) is 30.3 Å². The molecule has 0 aromatic heterocycles. The number of rotatable bonds is 8. The van der Waals surface area contributed by atoms with Crippen LogP contribution in [0.3, 0.4) is 0 Å². The van der Waals surface area contributed by atoms with Crippen molar-refractivity contribution in [3.8, 4) is 5.75 Å². The fourth-order valence-electron chi connectivity index (χ4n) is 2.77. The van der Waals surface area contributed by atoms with E-state index in [2.05, 4.69) is 4.72 Å². The Kier molecular flexibility index (Phi) is 6.45. The minimum absolute atomic E-state index is 0.0718. The van der Waals surface area contributed by atoms with Crippen molar-refractivity contribution in [2.24, 2.45) is 0 Å². The van der Waals surface area contributed by atoms with E-state index in [0.717, 1.165) is 5.56 Å². The SMILES string of the molecule is COc1ccc(S(=O)(=O)Nc2ccc(S(=O)(=O)N(C)Cc3ccccc3)cc2)cc1. The maximum Gasteiger partial charge on any atom is 0.261 e. The normalized spacial score (nSPS) is 12.0. The zero-order valence-corrected chi connectivity index (χ0v) is 18.2. The molecule has 3 aromatic carbocycles. The monoisotopic (exact) mass is 446 g/mol. The molecule has 0 heterocycles. The van der Waals surface area contributed by atoms with Crippen LogP contribution in [0.5, 0.6) is 5.75 Å². The lowest BCUT2D eigenvalue weighted by Crippen LogP contribution is -2.26. The van der Waals surface area contributed by atoms with E-state index in [-0.39, 0.29) is 22.0 Å². The summed E-state index contributed by atoms with van der Waals surface area (Å²) < 4.78 is 59.3. The van der Waals surface area contributed by atoms with Crippen LogP contribution in [-0.4, -0.2) is 35.3 Å². The van der Waals surface area contributed by atoms with Crippen LogP contribution in [-0.2, 0) is 26.6 Å². The van der Waals surface area contributed by atoms with Crippen molar-refractivity contribution < 1.29 is 21.6 Å². The number of hydrogen-bond donors (Lipinski definition) is 1. The molecule has 0 aliphatic rings. The van der Waals surface area contributed by atoms with Crippen LogP contribution >= 0.6 is 0 Å². The highest BCUT2D eigenvalue weighted by molar-refractivity contribution is 7.92. The second kappa shape index (κ2) is 8.86. The number of ether oxygens (including phenoxy) is 1. The summed E-state index contributed by atoms with van der Waals surface area (Å²) in [5.41, 5.74) is 1.13. The first-order valence-electron chi connectivity index (χ1n) is 8.99. The molecule has 30 heavy (non-hydrogen) atoms. The largest absolute Gasteiger partial charge is 0.497 e. The fraction of sp³-hybridized carbons (Fsp3) is 0.143. The number of hydrogen-bond acceptors (Lipinski definition) is 5. The smallest absolute Gasteiger partial charge is 0.261 e. The molecule has 9 heteroatoms. The minimum atomic E-state index is -3.81. The van der Waals surface area contributed by atoms with E-state index in [0.29, 0.717) is 5.75 Å². The van der Waals surface area contributed by atoms with Gasteiger partial charge in [-0.1, -0.05) is 30.3 Å². The van der Waals surface area contributed by atoms with Gasteiger partial charge in [0.25, 0.3) is 10.0 Å². The second-order valence-corrected chi connectivity index (χ2v) is 10.3. The van der Waals surface area contributed by atoms with Gasteiger partial charge in [-0.15, -0.1) is 0 Å². The third-order valence-electron chi connectivity index (χ3n) is 4.43. The molecule has 0 saturated heterocycles. The van der Waals surface area contributed by atoms with Crippen LogP contribution in [0.25, 0.3) is 0 Å². The molecule has 1 N–H and O–H groups in total. The van der Waals surface area contributed by atoms with Gasteiger partial charge in [-0.2, -0.15) is 4.31 Å². The number of anilines is 1. The quantitative estimate of drug-likeness (QED) is 0.573. The fourth-order valence-corrected chi connectivity index (χ4v) is 4.99. The van der Waals surface area contributed by atoms with Gasteiger partial charge in [-0.25, -0.2) is 16.8 Å². The molecule has 0 aliphatic heterocycles. The molecule has 0 atom stereocenters. The van der Waals surface area contributed by atoms with Gasteiger partial charge in [-0.05, 0) is 54.1 Å². The number of methoxy groups -OCH3 is 1.